The van der Waals surface area contributed by atoms with Crippen molar-refractivity contribution in [3.05, 3.63) is 0 Å². The molecule has 9 heavy (non-hydrogen) atoms. The predicted molar refractivity (Wildman–Crippen MR) is 30.3 cm³/mol. The number of rotatable bonds is 3. The number of ether oxygens (including phenoxy) is 1. The summed E-state index contributed by atoms with van der Waals surface area (Å²) in [6.07, 6.45) is -1.03. The summed E-state index contributed by atoms with van der Waals surface area (Å²) in [5, 5.41) is 16.7. The van der Waals surface area contributed by atoms with Crippen LogP contribution in [0.5, 0.6) is 0 Å². The zero-order chi connectivity index (χ0) is 7.28. The van der Waals surface area contributed by atoms with Crippen molar-refractivity contribution in [3.63, 3.8) is 0 Å². The summed E-state index contributed by atoms with van der Waals surface area (Å²) in [6, 6.07) is 0. The molecule has 0 aromatic heterocycles. The van der Waals surface area contributed by atoms with Gasteiger partial charge in [0.05, 0.1) is 6.61 Å². The molecule has 0 aliphatic rings. The highest BCUT2D eigenvalue weighted by atomic mass is 35.5. The summed E-state index contributed by atoms with van der Waals surface area (Å²) in [5.74, 6) is 0. The smallest absolute Gasteiger partial charge is 0.403 e. The number of carbonyl (C=O) groups excluding carboxylic acids is 1. The van der Waals surface area contributed by atoms with Crippen LogP contribution < -0.4 is 0 Å². The molecule has 1 unspecified atom stereocenters. The summed E-state index contributed by atoms with van der Waals surface area (Å²) in [7, 11) is 0. The lowest BCUT2D eigenvalue weighted by molar-refractivity contribution is 0.0393. The summed E-state index contributed by atoms with van der Waals surface area (Å²) >= 11 is 4.72. The van der Waals surface area contributed by atoms with Gasteiger partial charge in [-0.25, -0.2) is 4.79 Å². The maximum atomic E-state index is 9.81. The van der Waals surface area contributed by atoms with Crippen LogP contribution >= 0.6 is 11.6 Å². The van der Waals surface area contributed by atoms with E-state index in [0.29, 0.717) is 0 Å². The molecule has 0 saturated heterocycles. The van der Waals surface area contributed by atoms with E-state index < -0.39 is 18.1 Å². The van der Waals surface area contributed by atoms with Gasteiger partial charge >= 0.3 is 5.43 Å². The molecule has 0 aliphatic heterocycles. The van der Waals surface area contributed by atoms with Crippen LogP contribution in [0.15, 0.2) is 0 Å². The highest BCUT2D eigenvalue weighted by Gasteiger charge is 2.03. The van der Waals surface area contributed by atoms with Gasteiger partial charge in [-0.15, -0.1) is 0 Å². The first kappa shape index (κ1) is 8.68. The van der Waals surface area contributed by atoms with Crippen LogP contribution in [0.4, 0.5) is 4.79 Å². The van der Waals surface area contributed by atoms with E-state index in [1.165, 1.54) is 0 Å². The number of hydrogen-bond donors (Lipinski definition) is 2. The van der Waals surface area contributed by atoms with E-state index in [4.69, 9.17) is 21.8 Å². The Bertz CT molecular complexity index is 94.6. The molecule has 5 heteroatoms. The molecule has 0 heterocycles. The number of halogens is 1. The first-order valence-corrected chi connectivity index (χ1v) is 2.65. The van der Waals surface area contributed by atoms with Crippen molar-refractivity contribution in [3.8, 4) is 0 Å². The maximum Gasteiger partial charge on any atom is 0.403 e. The molecule has 4 nitrogen and oxygen atoms in total. The molecule has 0 bridgehead atoms. The van der Waals surface area contributed by atoms with Crippen molar-refractivity contribution < 1.29 is 19.7 Å². The summed E-state index contributed by atoms with van der Waals surface area (Å²) < 4.78 is 4.11. The summed E-state index contributed by atoms with van der Waals surface area (Å²) in [6.45, 7) is -0.705. The van der Waals surface area contributed by atoms with Gasteiger partial charge in [-0.2, -0.15) is 0 Å². The molecule has 0 aromatic rings. The molecule has 0 amide bonds. The first-order valence-electron chi connectivity index (χ1n) is 2.28. The standard InChI is InChI=1S/C4H7ClO4/c5-4(8)9-2-3(7)1-6/h3,6-7H,1-2H2. The van der Waals surface area contributed by atoms with Crippen LogP contribution in [-0.2, 0) is 4.74 Å². The maximum absolute atomic E-state index is 9.81. The Balaban J connectivity index is 3.16. The topological polar surface area (TPSA) is 66.8 Å². The van der Waals surface area contributed by atoms with Gasteiger partial charge in [-0.3, -0.25) is 0 Å². The van der Waals surface area contributed by atoms with Gasteiger partial charge < -0.3 is 14.9 Å². The van der Waals surface area contributed by atoms with E-state index in [9.17, 15) is 4.79 Å². The van der Waals surface area contributed by atoms with Crippen molar-refractivity contribution in [2.24, 2.45) is 0 Å². The van der Waals surface area contributed by atoms with E-state index in [1.807, 2.05) is 0 Å². The van der Waals surface area contributed by atoms with Gasteiger partial charge in [-0.1, -0.05) is 0 Å². The zero-order valence-corrected chi connectivity index (χ0v) is 5.34. The van der Waals surface area contributed by atoms with Crippen molar-refractivity contribution in [2.45, 2.75) is 6.10 Å². The minimum atomic E-state index is -1.03. The second kappa shape index (κ2) is 4.55. The lowest BCUT2D eigenvalue weighted by atomic mass is 10.4. The van der Waals surface area contributed by atoms with Gasteiger partial charge in [0.25, 0.3) is 0 Å². The molecule has 0 aromatic carbocycles. The fourth-order valence-electron chi connectivity index (χ4n) is 0.214. The largest absolute Gasteiger partial charge is 0.451 e. The third kappa shape index (κ3) is 5.55. The molecule has 54 valence electrons. The van der Waals surface area contributed by atoms with E-state index >= 15 is 0 Å². The van der Waals surface area contributed by atoms with Crippen molar-refractivity contribution in [1.82, 2.24) is 0 Å². The average Bonchev–Trinajstić information content (AvgIpc) is 1.83. The Hall–Kier alpha value is -0.320. The summed E-state index contributed by atoms with van der Waals surface area (Å²) in [4.78, 5) is 9.81. The molecule has 1 atom stereocenters. The Labute approximate surface area is 57.0 Å². The highest BCUT2D eigenvalue weighted by molar-refractivity contribution is 6.61. The molecule has 0 radical (unpaired) electrons. The number of aliphatic hydroxyl groups excluding tert-OH is 2. The van der Waals surface area contributed by atoms with E-state index in [-0.39, 0.29) is 6.61 Å². The lowest BCUT2D eigenvalue weighted by Gasteiger charge is -2.04. The van der Waals surface area contributed by atoms with Crippen LogP contribution in [0, 0.1) is 0 Å². The fraction of sp³-hybridized carbons (Fsp3) is 0.750. The number of aliphatic hydroxyl groups is 2. The molecular weight excluding hydrogens is 147 g/mol. The molecule has 0 spiro atoms. The molecule has 2 N–H and O–H groups in total. The normalized spacial score (nSPS) is 12.8. The fourth-order valence-corrected chi connectivity index (χ4v) is 0.277. The lowest BCUT2D eigenvalue weighted by Crippen LogP contribution is -2.19. The van der Waals surface area contributed by atoms with Crippen molar-refractivity contribution >= 4 is 17.0 Å². The number of hydrogen-bond acceptors (Lipinski definition) is 4. The molecule has 0 fully saturated rings. The Morgan fingerprint density at radius 3 is 2.67 bits per heavy atom. The van der Waals surface area contributed by atoms with Gasteiger partial charge in [0.1, 0.15) is 12.7 Å². The monoisotopic (exact) mass is 154 g/mol. The van der Waals surface area contributed by atoms with Crippen LogP contribution in [-0.4, -0.2) is 35.0 Å². The minimum absolute atomic E-state index is 0.265. The van der Waals surface area contributed by atoms with Crippen LogP contribution in [0.2, 0.25) is 0 Å². The van der Waals surface area contributed by atoms with Crippen LogP contribution in [0.25, 0.3) is 0 Å². The van der Waals surface area contributed by atoms with E-state index in [2.05, 4.69) is 4.74 Å². The molecule has 0 aliphatic carbocycles. The van der Waals surface area contributed by atoms with Gasteiger partial charge in [0, 0.05) is 11.6 Å². The summed E-state index contributed by atoms with van der Waals surface area (Å²) in [5.41, 5.74) is -0.984. The van der Waals surface area contributed by atoms with Crippen LogP contribution in [0.3, 0.4) is 0 Å². The van der Waals surface area contributed by atoms with Gasteiger partial charge in [0.2, 0.25) is 0 Å². The predicted octanol–water partition coefficient (Wildman–Crippen LogP) is -0.285. The second-order valence-corrected chi connectivity index (χ2v) is 1.69. The highest BCUT2D eigenvalue weighted by Crippen LogP contribution is 1.89. The molecule has 0 saturated carbocycles. The first-order chi connectivity index (χ1) is 4.16. The zero-order valence-electron chi connectivity index (χ0n) is 4.58. The third-order valence-corrected chi connectivity index (χ3v) is 0.709. The van der Waals surface area contributed by atoms with Gasteiger partial charge in [0.15, 0.2) is 0 Å². The third-order valence-electron chi connectivity index (χ3n) is 0.600. The van der Waals surface area contributed by atoms with Crippen LogP contribution in [0.1, 0.15) is 0 Å². The van der Waals surface area contributed by atoms with Crippen molar-refractivity contribution in [2.75, 3.05) is 13.2 Å². The SMILES string of the molecule is O=C(Cl)OCC(O)CO. The Kier molecular flexibility index (Phi) is 4.39. The molecule has 0 rings (SSSR count). The van der Waals surface area contributed by atoms with Gasteiger partial charge in [-0.05, 0) is 0 Å². The van der Waals surface area contributed by atoms with E-state index in [0.717, 1.165) is 0 Å². The average molecular weight is 155 g/mol. The Morgan fingerprint density at radius 1 is 1.78 bits per heavy atom. The molecular formula is C4H7ClO4. The second-order valence-electron chi connectivity index (χ2n) is 1.39. The minimum Gasteiger partial charge on any atom is -0.451 e. The number of carbonyl (C=O) groups is 1. The van der Waals surface area contributed by atoms with Crippen molar-refractivity contribution in [1.29, 1.82) is 0 Å². The Morgan fingerprint density at radius 2 is 2.33 bits per heavy atom. The van der Waals surface area contributed by atoms with E-state index in [1.54, 1.807) is 0 Å². The quantitative estimate of drug-likeness (QED) is 0.549.